The maximum absolute atomic E-state index is 9.77. The molecule has 0 unspecified atom stereocenters. The van der Waals surface area contributed by atoms with Crippen LogP contribution in [0.2, 0.25) is 0 Å². The molecule has 7 nitrogen and oxygen atoms in total. The highest BCUT2D eigenvalue weighted by Gasteiger charge is 2.26. The molecule has 1 saturated heterocycles. The molecule has 1 aromatic carbocycles. The molecule has 3 aromatic rings. The summed E-state index contributed by atoms with van der Waals surface area (Å²) >= 11 is 0. The van der Waals surface area contributed by atoms with Crippen LogP contribution in [-0.4, -0.2) is 44.2 Å². The van der Waals surface area contributed by atoms with Crippen LogP contribution in [0.5, 0.6) is 0 Å². The molecule has 2 aromatic heterocycles. The fourth-order valence-electron chi connectivity index (χ4n) is 3.64. The maximum atomic E-state index is 9.77. The predicted molar refractivity (Wildman–Crippen MR) is 102 cm³/mol. The first kappa shape index (κ1) is 16.1. The van der Waals surface area contributed by atoms with Gasteiger partial charge in [0, 0.05) is 43.2 Å². The van der Waals surface area contributed by atoms with E-state index in [9.17, 15) is 5.11 Å². The first-order valence-corrected chi connectivity index (χ1v) is 9.17. The lowest BCUT2D eigenvalue weighted by Gasteiger charge is -2.20. The van der Waals surface area contributed by atoms with Gasteiger partial charge in [-0.05, 0) is 12.5 Å². The molecular weight excluding hydrogens is 340 g/mol. The van der Waals surface area contributed by atoms with Crippen LogP contribution in [0.4, 0.5) is 11.8 Å². The molecule has 2 aliphatic heterocycles. The second-order valence-electron chi connectivity index (χ2n) is 6.99. The van der Waals surface area contributed by atoms with Crippen LogP contribution < -0.4 is 9.80 Å². The van der Waals surface area contributed by atoms with Crippen LogP contribution in [0, 0.1) is 0 Å². The summed E-state index contributed by atoms with van der Waals surface area (Å²) in [5.74, 6) is 2.30. The van der Waals surface area contributed by atoms with E-state index in [4.69, 9.17) is 9.97 Å². The third-order valence-electron chi connectivity index (χ3n) is 5.09. The standard InChI is InChI=1S/C20H20N6O/c27-16-7-9-25(12-16)18-6-8-21-20(24-18)26-11-15-10-22-19(23-17(15)13-26)14-4-2-1-3-5-14/h1-6,8,10,16,27H,7,9,11-13H2/t16-/m0/s1. The normalized spacial score (nSPS) is 18.8. The number of anilines is 2. The van der Waals surface area contributed by atoms with Gasteiger partial charge in [0.15, 0.2) is 5.82 Å². The monoisotopic (exact) mass is 360 g/mol. The molecule has 0 spiro atoms. The third-order valence-corrected chi connectivity index (χ3v) is 5.09. The van der Waals surface area contributed by atoms with E-state index in [0.29, 0.717) is 25.6 Å². The number of benzene rings is 1. The summed E-state index contributed by atoms with van der Waals surface area (Å²) in [6, 6.07) is 11.9. The summed E-state index contributed by atoms with van der Waals surface area (Å²) in [6.07, 6.45) is 4.20. The highest BCUT2D eigenvalue weighted by Crippen LogP contribution is 2.27. The molecule has 136 valence electrons. The minimum atomic E-state index is -0.272. The van der Waals surface area contributed by atoms with Crippen LogP contribution in [0.25, 0.3) is 11.4 Å². The SMILES string of the molecule is O[C@H]1CCN(c2ccnc(N3Cc4cnc(-c5ccccc5)nc4C3)n2)C1. The molecule has 0 saturated carbocycles. The Balaban J connectivity index is 1.38. The lowest BCUT2D eigenvalue weighted by atomic mass is 10.2. The Kier molecular flexibility index (Phi) is 3.94. The Morgan fingerprint density at radius 3 is 2.67 bits per heavy atom. The van der Waals surface area contributed by atoms with Gasteiger partial charge in [0.25, 0.3) is 0 Å². The number of β-amino-alcohol motifs (C(OH)–C–C–N with tert-alkyl or cyclic N) is 1. The van der Waals surface area contributed by atoms with Gasteiger partial charge in [-0.1, -0.05) is 30.3 Å². The fourth-order valence-corrected chi connectivity index (χ4v) is 3.64. The molecule has 27 heavy (non-hydrogen) atoms. The van der Waals surface area contributed by atoms with E-state index in [-0.39, 0.29) is 6.10 Å². The summed E-state index contributed by atoms with van der Waals surface area (Å²) in [7, 11) is 0. The number of aromatic nitrogens is 4. The number of aliphatic hydroxyl groups excluding tert-OH is 1. The maximum Gasteiger partial charge on any atom is 0.227 e. The van der Waals surface area contributed by atoms with Crippen LogP contribution in [-0.2, 0) is 13.1 Å². The van der Waals surface area contributed by atoms with Crippen molar-refractivity contribution < 1.29 is 5.11 Å². The summed E-state index contributed by atoms with van der Waals surface area (Å²) in [6.45, 7) is 2.83. The van der Waals surface area contributed by atoms with Crippen molar-refractivity contribution in [2.24, 2.45) is 0 Å². The van der Waals surface area contributed by atoms with Crippen molar-refractivity contribution in [3.8, 4) is 11.4 Å². The van der Waals surface area contributed by atoms with Gasteiger partial charge in [0.2, 0.25) is 5.95 Å². The van der Waals surface area contributed by atoms with E-state index in [1.807, 2.05) is 42.6 Å². The smallest absolute Gasteiger partial charge is 0.227 e. The van der Waals surface area contributed by atoms with Gasteiger partial charge in [0.1, 0.15) is 5.82 Å². The van der Waals surface area contributed by atoms with Gasteiger partial charge in [-0.15, -0.1) is 0 Å². The number of aliphatic hydroxyl groups is 1. The topological polar surface area (TPSA) is 78.3 Å². The summed E-state index contributed by atoms with van der Waals surface area (Å²) in [5.41, 5.74) is 3.15. The van der Waals surface area contributed by atoms with Crippen molar-refractivity contribution in [2.75, 3.05) is 22.9 Å². The lowest BCUT2D eigenvalue weighted by molar-refractivity contribution is 0.198. The van der Waals surface area contributed by atoms with Gasteiger partial charge >= 0.3 is 0 Å². The zero-order chi connectivity index (χ0) is 18.2. The molecule has 7 heteroatoms. The van der Waals surface area contributed by atoms with E-state index in [2.05, 4.69) is 19.8 Å². The molecule has 0 radical (unpaired) electrons. The molecule has 0 bridgehead atoms. The second-order valence-corrected chi connectivity index (χ2v) is 6.99. The Bertz CT molecular complexity index is 964. The first-order chi connectivity index (χ1) is 13.3. The van der Waals surface area contributed by atoms with Gasteiger partial charge < -0.3 is 14.9 Å². The molecule has 1 fully saturated rings. The first-order valence-electron chi connectivity index (χ1n) is 9.17. The Labute approximate surface area is 157 Å². The quantitative estimate of drug-likeness (QED) is 0.765. The molecular formula is C20H20N6O. The third kappa shape index (κ3) is 3.10. The van der Waals surface area contributed by atoms with Crippen molar-refractivity contribution >= 4 is 11.8 Å². The Morgan fingerprint density at radius 1 is 0.963 bits per heavy atom. The average Bonchev–Trinajstić information content (AvgIpc) is 3.34. The largest absolute Gasteiger partial charge is 0.391 e. The van der Waals surface area contributed by atoms with Crippen molar-refractivity contribution in [2.45, 2.75) is 25.6 Å². The number of hydrogen-bond acceptors (Lipinski definition) is 7. The van der Waals surface area contributed by atoms with Crippen LogP contribution in [0.15, 0.2) is 48.8 Å². The van der Waals surface area contributed by atoms with E-state index in [1.54, 1.807) is 6.20 Å². The minimum Gasteiger partial charge on any atom is -0.391 e. The summed E-state index contributed by atoms with van der Waals surface area (Å²) in [5, 5.41) is 9.77. The zero-order valence-corrected chi connectivity index (χ0v) is 14.9. The second kappa shape index (κ2) is 6.59. The molecule has 1 atom stereocenters. The molecule has 0 aliphatic carbocycles. The zero-order valence-electron chi connectivity index (χ0n) is 14.9. The van der Waals surface area contributed by atoms with E-state index in [0.717, 1.165) is 41.4 Å². The van der Waals surface area contributed by atoms with Crippen LogP contribution >= 0.6 is 0 Å². The molecule has 2 aliphatic rings. The van der Waals surface area contributed by atoms with Crippen LogP contribution in [0.3, 0.4) is 0 Å². The Hall–Kier alpha value is -3.06. The molecule has 0 amide bonds. The highest BCUT2D eigenvalue weighted by atomic mass is 16.3. The molecule has 4 heterocycles. The van der Waals surface area contributed by atoms with Gasteiger partial charge in [0.05, 0.1) is 18.3 Å². The molecule has 5 rings (SSSR count). The highest BCUT2D eigenvalue weighted by molar-refractivity contribution is 5.56. The van der Waals surface area contributed by atoms with Gasteiger partial charge in [-0.2, -0.15) is 4.98 Å². The number of nitrogens with zero attached hydrogens (tertiary/aromatic N) is 6. The average molecular weight is 360 g/mol. The number of hydrogen-bond donors (Lipinski definition) is 1. The lowest BCUT2D eigenvalue weighted by Crippen LogP contribution is -2.24. The fraction of sp³-hybridized carbons (Fsp3) is 0.300. The minimum absolute atomic E-state index is 0.272. The van der Waals surface area contributed by atoms with E-state index >= 15 is 0 Å². The predicted octanol–water partition coefficient (Wildman–Crippen LogP) is 2.02. The van der Waals surface area contributed by atoms with Gasteiger partial charge in [-0.3, -0.25) is 0 Å². The van der Waals surface area contributed by atoms with Crippen LogP contribution in [0.1, 0.15) is 17.7 Å². The van der Waals surface area contributed by atoms with E-state index in [1.165, 1.54) is 0 Å². The van der Waals surface area contributed by atoms with Crippen molar-refractivity contribution in [3.63, 3.8) is 0 Å². The summed E-state index contributed by atoms with van der Waals surface area (Å²) < 4.78 is 0. The van der Waals surface area contributed by atoms with Crippen molar-refractivity contribution in [3.05, 3.63) is 60.0 Å². The van der Waals surface area contributed by atoms with Crippen molar-refractivity contribution in [1.82, 2.24) is 19.9 Å². The van der Waals surface area contributed by atoms with Gasteiger partial charge in [-0.25, -0.2) is 15.0 Å². The molecule has 1 N–H and O–H groups in total. The number of rotatable bonds is 3. The Morgan fingerprint density at radius 2 is 1.85 bits per heavy atom. The summed E-state index contributed by atoms with van der Waals surface area (Å²) in [4.78, 5) is 22.7. The number of fused-ring (bicyclic) bond motifs is 1. The van der Waals surface area contributed by atoms with Crippen molar-refractivity contribution in [1.29, 1.82) is 0 Å². The van der Waals surface area contributed by atoms with E-state index < -0.39 is 0 Å².